The van der Waals surface area contributed by atoms with E-state index in [2.05, 4.69) is 12.2 Å². The van der Waals surface area contributed by atoms with Crippen LogP contribution < -0.4 is 15.0 Å². The van der Waals surface area contributed by atoms with E-state index in [9.17, 15) is 9.59 Å². The predicted molar refractivity (Wildman–Crippen MR) is 76.9 cm³/mol. The van der Waals surface area contributed by atoms with Crippen LogP contribution >= 0.6 is 0 Å². The van der Waals surface area contributed by atoms with Gasteiger partial charge in [0, 0.05) is 0 Å². The molecule has 0 unspecified atom stereocenters. The minimum absolute atomic E-state index is 0.170. The molecule has 0 aromatic heterocycles. The summed E-state index contributed by atoms with van der Waals surface area (Å²) in [5.41, 5.74) is 0.575. The maximum atomic E-state index is 12.3. The fourth-order valence-electron chi connectivity index (χ4n) is 2.30. The summed E-state index contributed by atoms with van der Waals surface area (Å²) in [7, 11) is 1.58. The van der Waals surface area contributed by atoms with Crippen molar-refractivity contribution in [1.29, 1.82) is 0 Å². The van der Waals surface area contributed by atoms with Gasteiger partial charge in [-0.15, -0.1) is 0 Å². The number of hydrogen-bond donors (Lipinski definition) is 1. The third-order valence-electron chi connectivity index (χ3n) is 3.45. The first kappa shape index (κ1) is 14.4. The molecule has 1 aliphatic rings. The summed E-state index contributed by atoms with van der Waals surface area (Å²) in [6.07, 6.45) is 3.81. The van der Waals surface area contributed by atoms with Crippen LogP contribution in [0, 0.1) is 0 Å². The lowest BCUT2D eigenvalue weighted by atomic mass is 10.1. The summed E-state index contributed by atoms with van der Waals surface area (Å²) in [5.74, 6) is 0.525. The van der Waals surface area contributed by atoms with Crippen molar-refractivity contribution >= 4 is 17.6 Å². The normalized spacial score (nSPS) is 18.3. The number of benzene rings is 1. The summed E-state index contributed by atoms with van der Waals surface area (Å²) < 4.78 is 5.07. The number of carbonyl (C=O) groups excluding carboxylic acids is 2. The smallest absolute Gasteiger partial charge is 0.329 e. The highest BCUT2D eigenvalue weighted by Crippen LogP contribution is 2.24. The second kappa shape index (κ2) is 6.41. The summed E-state index contributed by atoms with van der Waals surface area (Å²) in [5, 5.41) is 2.75. The van der Waals surface area contributed by atoms with Gasteiger partial charge >= 0.3 is 6.03 Å². The van der Waals surface area contributed by atoms with Crippen LogP contribution in [0.25, 0.3) is 0 Å². The minimum Gasteiger partial charge on any atom is -0.497 e. The summed E-state index contributed by atoms with van der Waals surface area (Å²) in [4.78, 5) is 25.4. The Kier molecular flexibility index (Phi) is 4.61. The molecule has 20 heavy (non-hydrogen) atoms. The Morgan fingerprint density at radius 2 is 1.90 bits per heavy atom. The van der Waals surface area contributed by atoms with Crippen molar-refractivity contribution in [2.75, 3.05) is 12.0 Å². The summed E-state index contributed by atoms with van der Waals surface area (Å²) in [6, 6.07) is 6.16. The van der Waals surface area contributed by atoms with Crippen molar-refractivity contribution in [3.05, 3.63) is 24.3 Å². The average Bonchev–Trinajstić information content (AvgIpc) is 2.74. The van der Waals surface area contributed by atoms with Gasteiger partial charge in [0.05, 0.1) is 12.8 Å². The lowest BCUT2D eigenvalue weighted by Gasteiger charge is -2.13. The molecule has 0 saturated carbocycles. The molecule has 5 nitrogen and oxygen atoms in total. The van der Waals surface area contributed by atoms with E-state index in [1.807, 2.05) is 0 Å². The van der Waals surface area contributed by atoms with Gasteiger partial charge in [0.15, 0.2) is 0 Å². The van der Waals surface area contributed by atoms with Crippen molar-refractivity contribution < 1.29 is 14.3 Å². The van der Waals surface area contributed by atoms with Gasteiger partial charge in [0.2, 0.25) is 0 Å². The quantitative estimate of drug-likeness (QED) is 0.642. The van der Waals surface area contributed by atoms with Crippen LogP contribution in [-0.4, -0.2) is 25.1 Å². The lowest BCUT2D eigenvalue weighted by Crippen LogP contribution is -2.31. The summed E-state index contributed by atoms with van der Waals surface area (Å²) >= 11 is 0. The van der Waals surface area contributed by atoms with Crippen LogP contribution in [0.5, 0.6) is 5.75 Å². The third-order valence-corrected chi connectivity index (χ3v) is 3.45. The van der Waals surface area contributed by atoms with Crippen LogP contribution in [0.2, 0.25) is 0 Å². The number of unbranched alkanes of at least 4 members (excludes halogenated alkanes) is 2. The fourth-order valence-corrected chi connectivity index (χ4v) is 2.30. The number of nitrogens with zero attached hydrogens (tertiary/aromatic N) is 1. The Balaban J connectivity index is 2.07. The Bertz CT molecular complexity index is 484. The highest BCUT2D eigenvalue weighted by Gasteiger charge is 2.38. The van der Waals surface area contributed by atoms with Gasteiger partial charge in [-0.3, -0.25) is 4.79 Å². The van der Waals surface area contributed by atoms with Gasteiger partial charge in [0.1, 0.15) is 11.8 Å². The number of ether oxygens (including phenoxy) is 1. The highest BCUT2D eigenvalue weighted by atomic mass is 16.5. The van der Waals surface area contributed by atoms with E-state index in [-0.39, 0.29) is 11.9 Å². The molecule has 1 aromatic rings. The molecule has 0 aliphatic carbocycles. The van der Waals surface area contributed by atoms with Crippen LogP contribution in [0.15, 0.2) is 24.3 Å². The number of rotatable bonds is 6. The molecule has 3 amide bonds. The van der Waals surface area contributed by atoms with Crippen LogP contribution in [0.3, 0.4) is 0 Å². The minimum atomic E-state index is -0.392. The first-order valence-corrected chi connectivity index (χ1v) is 6.96. The number of anilines is 1. The predicted octanol–water partition coefficient (Wildman–Crippen LogP) is 2.70. The Morgan fingerprint density at radius 1 is 1.20 bits per heavy atom. The van der Waals surface area contributed by atoms with E-state index in [1.165, 1.54) is 4.90 Å². The molecule has 1 heterocycles. The van der Waals surface area contributed by atoms with Crippen LogP contribution in [0.4, 0.5) is 10.5 Å². The highest BCUT2D eigenvalue weighted by molar-refractivity contribution is 6.21. The molecule has 0 spiro atoms. The molecule has 5 heteroatoms. The fraction of sp³-hybridized carbons (Fsp3) is 0.467. The van der Waals surface area contributed by atoms with Gasteiger partial charge in [-0.25, -0.2) is 9.69 Å². The van der Waals surface area contributed by atoms with E-state index in [0.717, 1.165) is 19.3 Å². The number of carbonyl (C=O) groups is 2. The molecule has 108 valence electrons. The average molecular weight is 276 g/mol. The molecule has 1 fully saturated rings. The molecular weight excluding hydrogens is 256 g/mol. The van der Waals surface area contributed by atoms with E-state index in [4.69, 9.17) is 4.74 Å². The molecule has 1 aromatic carbocycles. The number of nitrogens with one attached hydrogen (secondary N) is 1. The first-order valence-electron chi connectivity index (χ1n) is 6.96. The first-order chi connectivity index (χ1) is 9.67. The van der Waals surface area contributed by atoms with Gasteiger partial charge in [-0.05, 0) is 30.7 Å². The molecule has 1 atom stereocenters. The zero-order valence-electron chi connectivity index (χ0n) is 11.9. The van der Waals surface area contributed by atoms with Crippen LogP contribution in [-0.2, 0) is 4.79 Å². The topological polar surface area (TPSA) is 58.6 Å². The standard InChI is InChI=1S/C15H20N2O3/c1-3-4-5-6-13-14(18)17(15(19)16-13)11-7-9-12(20-2)10-8-11/h7-10,13H,3-6H2,1-2H3,(H,16,19)/t13-/m1/s1. The van der Waals surface area contributed by atoms with Gasteiger partial charge < -0.3 is 10.1 Å². The third kappa shape index (κ3) is 2.92. The van der Waals surface area contributed by atoms with Crippen molar-refractivity contribution in [2.24, 2.45) is 0 Å². The van der Waals surface area contributed by atoms with Crippen LogP contribution in [0.1, 0.15) is 32.6 Å². The molecule has 1 aliphatic heterocycles. The van der Waals surface area contributed by atoms with E-state index < -0.39 is 6.04 Å². The largest absolute Gasteiger partial charge is 0.497 e. The van der Waals surface area contributed by atoms with Gasteiger partial charge in [0.25, 0.3) is 5.91 Å². The second-order valence-corrected chi connectivity index (χ2v) is 4.87. The zero-order valence-corrected chi connectivity index (χ0v) is 11.9. The zero-order chi connectivity index (χ0) is 14.5. The van der Waals surface area contributed by atoms with Crippen molar-refractivity contribution in [1.82, 2.24) is 5.32 Å². The summed E-state index contributed by atoms with van der Waals surface area (Å²) in [6.45, 7) is 2.11. The lowest BCUT2D eigenvalue weighted by molar-refractivity contribution is -0.118. The molecule has 1 saturated heterocycles. The van der Waals surface area contributed by atoms with E-state index in [1.54, 1.807) is 31.4 Å². The molecule has 0 bridgehead atoms. The molecular formula is C15H20N2O3. The second-order valence-electron chi connectivity index (χ2n) is 4.87. The SMILES string of the molecule is CCCCC[C@H]1NC(=O)N(c2ccc(OC)cc2)C1=O. The van der Waals surface area contributed by atoms with E-state index >= 15 is 0 Å². The Morgan fingerprint density at radius 3 is 2.50 bits per heavy atom. The Labute approximate surface area is 118 Å². The maximum absolute atomic E-state index is 12.3. The molecule has 0 radical (unpaired) electrons. The van der Waals surface area contributed by atoms with E-state index in [0.29, 0.717) is 17.9 Å². The van der Waals surface area contributed by atoms with Crippen molar-refractivity contribution in [3.63, 3.8) is 0 Å². The molecule has 1 N–H and O–H groups in total. The maximum Gasteiger partial charge on any atom is 0.329 e. The van der Waals surface area contributed by atoms with Crippen molar-refractivity contribution in [2.45, 2.75) is 38.6 Å². The Hall–Kier alpha value is -2.04. The monoisotopic (exact) mass is 276 g/mol. The number of methoxy groups -OCH3 is 1. The number of hydrogen-bond acceptors (Lipinski definition) is 3. The van der Waals surface area contributed by atoms with Gasteiger partial charge in [-0.1, -0.05) is 26.2 Å². The van der Waals surface area contributed by atoms with Crippen molar-refractivity contribution in [3.8, 4) is 5.75 Å². The molecule has 2 rings (SSSR count). The van der Waals surface area contributed by atoms with Gasteiger partial charge in [-0.2, -0.15) is 0 Å². The number of urea groups is 1. The number of amides is 3. The number of imide groups is 1.